The lowest BCUT2D eigenvalue weighted by Crippen LogP contribution is -2.22. The van der Waals surface area contributed by atoms with E-state index >= 15 is 0 Å². The Hall–Kier alpha value is -0.840. The van der Waals surface area contributed by atoms with Crippen molar-refractivity contribution in [2.24, 2.45) is 11.8 Å². The zero-order chi connectivity index (χ0) is 13.0. The molecule has 2 N–H and O–H groups in total. The van der Waals surface area contributed by atoms with Crippen molar-refractivity contribution in [2.75, 3.05) is 11.9 Å². The average molecular weight is 314 g/mol. The second-order valence-corrected chi connectivity index (χ2v) is 5.90. The van der Waals surface area contributed by atoms with Crippen LogP contribution in [0.2, 0.25) is 0 Å². The number of halogens is 1. The van der Waals surface area contributed by atoms with Crippen molar-refractivity contribution in [2.45, 2.75) is 39.0 Å². The lowest BCUT2D eigenvalue weighted by atomic mass is 9.81. The molecule has 0 aromatic carbocycles. The van der Waals surface area contributed by atoms with Crippen LogP contribution in [0.5, 0.6) is 0 Å². The molecule has 0 radical (unpaired) electrons. The first kappa shape index (κ1) is 13.6. The molecule has 5 heteroatoms. The third-order valence-electron chi connectivity index (χ3n) is 3.92. The second kappa shape index (κ2) is 6.36. The maximum absolute atomic E-state index is 11.4. The fourth-order valence-electron chi connectivity index (χ4n) is 2.60. The average Bonchev–Trinajstić information content (AvgIpc) is 2.41. The highest BCUT2D eigenvalue weighted by Gasteiger charge is 2.19. The van der Waals surface area contributed by atoms with Crippen LogP contribution in [-0.2, 0) is 0 Å². The van der Waals surface area contributed by atoms with Gasteiger partial charge in [0.2, 0.25) is 0 Å². The van der Waals surface area contributed by atoms with E-state index in [0.29, 0.717) is 4.47 Å². The van der Waals surface area contributed by atoms with E-state index in [2.05, 4.69) is 38.4 Å². The molecule has 4 nitrogen and oxygen atoms in total. The highest BCUT2D eigenvalue weighted by molar-refractivity contribution is 9.10. The molecule has 100 valence electrons. The summed E-state index contributed by atoms with van der Waals surface area (Å²) in [5.41, 5.74) is 0.603. The smallest absolute Gasteiger partial charge is 0.280 e. The largest absolute Gasteiger partial charge is 0.382 e. The van der Waals surface area contributed by atoms with E-state index < -0.39 is 0 Å². The molecule has 1 aliphatic rings. The van der Waals surface area contributed by atoms with Crippen LogP contribution in [0, 0.1) is 11.8 Å². The summed E-state index contributed by atoms with van der Waals surface area (Å²) in [7, 11) is 0. The van der Waals surface area contributed by atoms with E-state index in [0.717, 1.165) is 24.1 Å². The molecular formula is C13H20BrN3O. The number of hydrogen-bond acceptors (Lipinski definition) is 3. The molecule has 1 aromatic rings. The van der Waals surface area contributed by atoms with Crippen molar-refractivity contribution in [1.29, 1.82) is 0 Å². The number of H-pyrrole nitrogens is 1. The standard InChI is InChI=1S/C13H20BrN3O/c1-2-9-3-5-10(6-4-9)7-15-11-8-16-17-13(18)12(11)14/h8-10H,2-7H2,1H3,(H2,15,17,18). The summed E-state index contributed by atoms with van der Waals surface area (Å²) in [4.78, 5) is 11.4. The Bertz CT molecular complexity index is 438. The maximum atomic E-state index is 11.4. The Balaban J connectivity index is 1.85. The van der Waals surface area contributed by atoms with Gasteiger partial charge in [-0.3, -0.25) is 4.79 Å². The summed E-state index contributed by atoms with van der Waals surface area (Å²) in [6.07, 6.45) is 8.24. The Morgan fingerprint density at radius 2 is 2.06 bits per heavy atom. The number of nitrogens with one attached hydrogen (secondary N) is 2. The first-order valence-electron chi connectivity index (χ1n) is 6.67. The molecule has 1 saturated carbocycles. The Morgan fingerprint density at radius 1 is 1.39 bits per heavy atom. The molecule has 0 saturated heterocycles. The van der Waals surface area contributed by atoms with Gasteiger partial charge in [0.15, 0.2) is 0 Å². The number of hydrogen-bond donors (Lipinski definition) is 2. The third kappa shape index (κ3) is 3.34. The van der Waals surface area contributed by atoms with E-state index in [4.69, 9.17) is 0 Å². The van der Waals surface area contributed by atoms with Gasteiger partial charge in [0, 0.05) is 6.54 Å². The van der Waals surface area contributed by atoms with Crippen molar-refractivity contribution < 1.29 is 0 Å². The van der Waals surface area contributed by atoms with E-state index in [-0.39, 0.29) is 5.56 Å². The van der Waals surface area contributed by atoms with Gasteiger partial charge < -0.3 is 5.32 Å². The van der Waals surface area contributed by atoms with Crippen LogP contribution in [0.15, 0.2) is 15.5 Å². The van der Waals surface area contributed by atoms with Gasteiger partial charge in [0.05, 0.1) is 11.9 Å². The van der Waals surface area contributed by atoms with Crippen LogP contribution in [0.1, 0.15) is 39.0 Å². The van der Waals surface area contributed by atoms with Crippen molar-refractivity contribution in [3.63, 3.8) is 0 Å². The highest BCUT2D eigenvalue weighted by Crippen LogP contribution is 2.30. The number of nitrogens with zero attached hydrogens (tertiary/aromatic N) is 1. The van der Waals surface area contributed by atoms with Crippen molar-refractivity contribution in [1.82, 2.24) is 10.2 Å². The Morgan fingerprint density at radius 3 is 2.72 bits per heavy atom. The quantitative estimate of drug-likeness (QED) is 0.897. The molecule has 0 spiro atoms. The maximum Gasteiger partial charge on any atom is 0.280 e. The summed E-state index contributed by atoms with van der Waals surface area (Å²) in [5, 5.41) is 9.53. The van der Waals surface area contributed by atoms with Crippen LogP contribution in [0.25, 0.3) is 0 Å². The summed E-state index contributed by atoms with van der Waals surface area (Å²) in [6.45, 7) is 3.21. The van der Waals surface area contributed by atoms with Gasteiger partial charge in [-0.1, -0.05) is 26.2 Å². The van der Waals surface area contributed by atoms with Crippen LogP contribution in [0.3, 0.4) is 0 Å². The molecule has 0 amide bonds. The molecule has 2 rings (SSSR count). The number of rotatable bonds is 4. The van der Waals surface area contributed by atoms with Crippen molar-refractivity contribution in [3.8, 4) is 0 Å². The molecule has 18 heavy (non-hydrogen) atoms. The van der Waals surface area contributed by atoms with Gasteiger partial charge in [0.25, 0.3) is 5.56 Å². The molecular weight excluding hydrogens is 294 g/mol. The number of aromatic amines is 1. The molecule has 1 aromatic heterocycles. The SMILES string of the molecule is CCC1CCC(CNc2cn[nH]c(=O)c2Br)CC1. The fraction of sp³-hybridized carbons (Fsp3) is 0.692. The highest BCUT2D eigenvalue weighted by atomic mass is 79.9. The van der Waals surface area contributed by atoms with Crippen LogP contribution >= 0.6 is 15.9 Å². The monoisotopic (exact) mass is 313 g/mol. The molecule has 1 heterocycles. The summed E-state index contributed by atoms with van der Waals surface area (Å²) < 4.78 is 0.541. The van der Waals surface area contributed by atoms with Gasteiger partial charge >= 0.3 is 0 Å². The lowest BCUT2D eigenvalue weighted by Gasteiger charge is -2.28. The Kier molecular flexibility index (Phi) is 4.80. The van der Waals surface area contributed by atoms with Crippen molar-refractivity contribution in [3.05, 3.63) is 21.0 Å². The predicted molar refractivity (Wildman–Crippen MR) is 76.8 cm³/mol. The first-order valence-corrected chi connectivity index (χ1v) is 7.47. The van der Waals surface area contributed by atoms with Gasteiger partial charge in [-0.2, -0.15) is 5.10 Å². The predicted octanol–water partition coefficient (Wildman–Crippen LogP) is 3.16. The van der Waals surface area contributed by atoms with Gasteiger partial charge in [-0.15, -0.1) is 0 Å². The molecule has 0 unspecified atom stereocenters. The molecule has 0 bridgehead atoms. The summed E-state index contributed by atoms with van der Waals surface area (Å²) >= 11 is 3.28. The van der Waals surface area contributed by atoms with E-state index in [9.17, 15) is 4.79 Å². The van der Waals surface area contributed by atoms with Crippen LogP contribution < -0.4 is 10.9 Å². The van der Waals surface area contributed by atoms with Gasteiger partial charge in [-0.25, -0.2) is 5.10 Å². The van der Waals surface area contributed by atoms with E-state index in [1.54, 1.807) is 6.20 Å². The molecule has 1 aliphatic carbocycles. The van der Waals surface area contributed by atoms with Crippen LogP contribution in [-0.4, -0.2) is 16.7 Å². The molecule has 0 aliphatic heterocycles. The zero-order valence-electron chi connectivity index (χ0n) is 10.7. The number of anilines is 1. The van der Waals surface area contributed by atoms with Crippen molar-refractivity contribution >= 4 is 21.6 Å². The van der Waals surface area contributed by atoms with Crippen LogP contribution in [0.4, 0.5) is 5.69 Å². The molecule has 1 fully saturated rings. The van der Waals surface area contributed by atoms with E-state index in [1.165, 1.54) is 32.1 Å². The number of aromatic nitrogens is 2. The normalized spacial score (nSPS) is 23.9. The Labute approximate surface area is 116 Å². The minimum absolute atomic E-state index is 0.185. The second-order valence-electron chi connectivity index (χ2n) is 5.10. The van der Waals surface area contributed by atoms with Gasteiger partial charge in [-0.05, 0) is 40.6 Å². The summed E-state index contributed by atoms with van der Waals surface area (Å²) in [6, 6.07) is 0. The van der Waals surface area contributed by atoms with E-state index in [1.807, 2.05) is 0 Å². The topological polar surface area (TPSA) is 57.8 Å². The first-order chi connectivity index (χ1) is 8.70. The van der Waals surface area contributed by atoms with Gasteiger partial charge in [0.1, 0.15) is 4.47 Å². The third-order valence-corrected chi connectivity index (χ3v) is 4.71. The zero-order valence-corrected chi connectivity index (χ0v) is 12.3. The lowest BCUT2D eigenvalue weighted by molar-refractivity contribution is 0.278. The molecule has 0 atom stereocenters. The summed E-state index contributed by atoms with van der Waals surface area (Å²) in [5.74, 6) is 1.65. The minimum atomic E-state index is -0.185. The fourth-order valence-corrected chi connectivity index (χ4v) is 2.94. The minimum Gasteiger partial charge on any atom is -0.382 e.